The molecule has 0 radical (unpaired) electrons. The van der Waals surface area contributed by atoms with Gasteiger partial charge >= 0.3 is 0 Å². The Morgan fingerprint density at radius 2 is 2.07 bits per heavy atom. The summed E-state index contributed by atoms with van der Waals surface area (Å²) in [7, 11) is 1.65. The van der Waals surface area contributed by atoms with Gasteiger partial charge in [0.05, 0.1) is 6.10 Å². The summed E-state index contributed by atoms with van der Waals surface area (Å²) in [6.45, 7) is 2.69. The number of hydrogen-bond acceptors (Lipinski definition) is 2. The molecule has 1 aromatic rings. The topological polar surface area (TPSA) is 29.5 Å². The van der Waals surface area contributed by atoms with Gasteiger partial charge in [0.25, 0.3) is 0 Å². The van der Waals surface area contributed by atoms with E-state index in [1.54, 1.807) is 7.11 Å². The molecule has 0 fully saturated rings. The van der Waals surface area contributed by atoms with Gasteiger partial charge in [0, 0.05) is 13.7 Å². The molecule has 0 saturated carbocycles. The molecule has 2 heteroatoms. The zero-order valence-corrected chi connectivity index (χ0v) is 8.86. The fraction of sp³-hybridized carbons (Fsp3) is 0.500. The Hall–Kier alpha value is -0.860. The number of methoxy groups -OCH3 is 1. The lowest BCUT2D eigenvalue weighted by Gasteiger charge is -2.11. The van der Waals surface area contributed by atoms with Crippen LogP contribution in [0, 0.1) is 6.92 Å². The average Bonchev–Trinajstić information content (AvgIpc) is 2.18. The van der Waals surface area contributed by atoms with E-state index in [2.05, 4.69) is 19.1 Å². The van der Waals surface area contributed by atoms with Crippen LogP contribution in [0.15, 0.2) is 24.3 Å². The summed E-state index contributed by atoms with van der Waals surface area (Å²) in [6, 6.07) is 8.15. The van der Waals surface area contributed by atoms with Crippen LogP contribution in [-0.2, 0) is 11.2 Å². The van der Waals surface area contributed by atoms with Gasteiger partial charge in [-0.25, -0.2) is 0 Å². The van der Waals surface area contributed by atoms with Crippen LogP contribution in [0.4, 0.5) is 0 Å². The summed E-state index contributed by atoms with van der Waals surface area (Å²) in [5.41, 5.74) is 2.46. The summed E-state index contributed by atoms with van der Waals surface area (Å²) in [5, 5.41) is 9.68. The minimum atomic E-state index is -0.295. The Labute approximate surface area is 85.5 Å². The monoisotopic (exact) mass is 194 g/mol. The van der Waals surface area contributed by atoms with E-state index in [-0.39, 0.29) is 6.10 Å². The van der Waals surface area contributed by atoms with Crippen molar-refractivity contribution in [1.29, 1.82) is 0 Å². The van der Waals surface area contributed by atoms with Gasteiger partial charge in [-0.05, 0) is 30.9 Å². The lowest BCUT2D eigenvalue weighted by molar-refractivity contribution is 0.110. The molecule has 0 bridgehead atoms. The first-order valence-corrected chi connectivity index (χ1v) is 4.95. The van der Waals surface area contributed by atoms with E-state index in [1.807, 2.05) is 12.1 Å². The van der Waals surface area contributed by atoms with Crippen LogP contribution >= 0.6 is 0 Å². The Kier molecular flexibility index (Phi) is 4.63. The Morgan fingerprint density at radius 1 is 1.36 bits per heavy atom. The van der Waals surface area contributed by atoms with Crippen LogP contribution in [0.25, 0.3) is 0 Å². The second-order valence-corrected chi connectivity index (χ2v) is 3.57. The first-order chi connectivity index (χ1) is 6.74. The van der Waals surface area contributed by atoms with Crippen molar-refractivity contribution in [3.63, 3.8) is 0 Å². The average molecular weight is 194 g/mol. The SMILES string of the molecule is COCCC(O)Cc1ccccc1C. The third-order valence-corrected chi connectivity index (χ3v) is 2.37. The van der Waals surface area contributed by atoms with Gasteiger partial charge < -0.3 is 9.84 Å². The molecule has 1 atom stereocenters. The number of hydrogen-bond donors (Lipinski definition) is 1. The maximum Gasteiger partial charge on any atom is 0.0602 e. The molecule has 0 aliphatic heterocycles. The van der Waals surface area contributed by atoms with Gasteiger partial charge in [0.1, 0.15) is 0 Å². The highest BCUT2D eigenvalue weighted by Crippen LogP contribution is 2.11. The van der Waals surface area contributed by atoms with Crippen molar-refractivity contribution >= 4 is 0 Å². The van der Waals surface area contributed by atoms with Gasteiger partial charge in [0.2, 0.25) is 0 Å². The molecule has 0 saturated heterocycles. The lowest BCUT2D eigenvalue weighted by atomic mass is 10.0. The third-order valence-electron chi connectivity index (χ3n) is 2.37. The molecular weight excluding hydrogens is 176 g/mol. The van der Waals surface area contributed by atoms with Crippen molar-refractivity contribution in [1.82, 2.24) is 0 Å². The van der Waals surface area contributed by atoms with Gasteiger partial charge in [-0.3, -0.25) is 0 Å². The van der Waals surface area contributed by atoms with Crippen molar-refractivity contribution in [3.8, 4) is 0 Å². The molecule has 14 heavy (non-hydrogen) atoms. The second kappa shape index (κ2) is 5.78. The van der Waals surface area contributed by atoms with E-state index in [1.165, 1.54) is 11.1 Å². The summed E-state index contributed by atoms with van der Waals surface area (Å²) in [5.74, 6) is 0. The maximum absolute atomic E-state index is 9.68. The van der Waals surface area contributed by atoms with E-state index >= 15 is 0 Å². The number of ether oxygens (including phenoxy) is 1. The van der Waals surface area contributed by atoms with Crippen LogP contribution in [0.1, 0.15) is 17.5 Å². The Balaban J connectivity index is 2.47. The molecule has 78 valence electrons. The molecule has 2 nitrogen and oxygen atoms in total. The quantitative estimate of drug-likeness (QED) is 0.776. The lowest BCUT2D eigenvalue weighted by Crippen LogP contribution is -2.13. The molecule has 0 aliphatic carbocycles. The van der Waals surface area contributed by atoms with Crippen molar-refractivity contribution in [2.45, 2.75) is 25.9 Å². The molecule has 0 aliphatic rings. The van der Waals surface area contributed by atoms with Gasteiger partial charge in [-0.1, -0.05) is 24.3 Å². The van der Waals surface area contributed by atoms with Crippen LogP contribution in [-0.4, -0.2) is 24.9 Å². The van der Waals surface area contributed by atoms with Crippen molar-refractivity contribution in [2.24, 2.45) is 0 Å². The fourth-order valence-corrected chi connectivity index (χ4v) is 1.45. The molecule has 0 aromatic heterocycles. The second-order valence-electron chi connectivity index (χ2n) is 3.57. The largest absolute Gasteiger partial charge is 0.393 e. The van der Waals surface area contributed by atoms with Crippen LogP contribution < -0.4 is 0 Å². The smallest absolute Gasteiger partial charge is 0.0602 e. The number of aliphatic hydroxyl groups excluding tert-OH is 1. The molecular formula is C12H18O2. The molecule has 0 heterocycles. The van der Waals surface area contributed by atoms with E-state index in [0.717, 1.165) is 6.42 Å². The van der Waals surface area contributed by atoms with Gasteiger partial charge in [0.15, 0.2) is 0 Å². The first-order valence-electron chi connectivity index (χ1n) is 4.95. The summed E-state index contributed by atoms with van der Waals surface area (Å²) in [4.78, 5) is 0. The normalized spacial score (nSPS) is 12.8. The predicted molar refractivity (Wildman–Crippen MR) is 57.4 cm³/mol. The minimum Gasteiger partial charge on any atom is -0.393 e. The van der Waals surface area contributed by atoms with Crippen LogP contribution in [0.3, 0.4) is 0 Å². The fourth-order valence-electron chi connectivity index (χ4n) is 1.45. The number of aryl methyl sites for hydroxylation is 1. The number of aliphatic hydroxyl groups is 1. The van der Waals surface area contributed by atoms with E-state index < -0.39 is 0 Å². The van der Waals surface area contributed by atoms with Crippen molar-refractivity contribution in [2.75, 3.05) is 13.7 Å². The standard InChI is InChI=1S/C12H18O2/c1-10-5-3-4-6-11(10)9-12(13)7-8-14-2/h3-6,12-13H,7-9H2,1-2H3. The predicted octanol–water partition coefficient (Wildman–Crippen LogP) is 1.93. The van der Waals surface area contributed by atoms with Crippen LogP contribution in [0.5, 0.6) is 0 Å². The summed E-state index contributed by atoms with van der Waals surface area (Å²) < 4.78 is 4.92. The molecule has 0 spiro atoms. The first kappa shape index (κ1) is 11.2. The van der Waals surface area contributed by atoms with E-state index in [0.29, 0.717) is 13.0 Å². The minimum absolute atomic E-state index is 0.295. The van der Waals surface area contributed by atoms with Crippen molar-refractivity contribution < 1.29 is 9.84 Å². The van der Waals surface area contributed by atoms with E-state index in [4.69, 9.17) is 4.74 Å². The summed E-state index contributed by atoms with van der Waals surface area (Å²) in [6.07, 6.45) is 1.12. The van der Waals surface area contributed by atoms with E-state index in [9.17, 15) is 5.11 Å². The zero-order chi connectivity index (χ0) is 10.4. The Bertz CT molecular complexity index is 271. The van der Waals surface area contributed by atoms with Gasteiger partial charge in [-0.2, -0.15) is 0 Å². The van der Waals surface area contributed by atoms with Crippen LogP contribution in [0.2, 0.25) is 0 Å². The molecule has 1 N–H and O–H groups in total. The third kappa shape index (κ3) is 3.48. The molecule has 1 aromatic carbocycles. The highest BCUT2D eigenvalue weighted by Gasteiger charge is 2.06. The van der Waals surface area contributed by atoms with Crippen molar-refractivity contribution in [3.05, 3.63) is 35.4 Å². The summed E-state index contributed by atoms with van der Waals surface area (Å²) >= 11 is 0. The molecule has 1 rings (SSSR count). The Morgan fingerprint density at radius 3 is 2.71 bits per heavy atom. The molecule has 0 amide bonds. The highest BCUT2D eigenvalue weighted by molar-refractivity contribution is 5.26. The maximum atomic E-state index is 9.68. The molecule has 1 unspecified atom stereocenters. The number of rotatable bonds is 5. The zero-order valence-electron chi connectivity index (χ0n) is 8.86. The van der Waals surface area contributed by atoms with Gasteiger partial charge in [-0.15, -0.1) is 0 Å². The number of benzene rings is 1. The highest BCUT2D eigenvalue weighted by atomic mass is 16.5.